The number of furan rings is 1. The van der Waals surface area contributed by atoms with Crippen molar-refractivity contribution in [2.75, 3.05) is 13.1 Å². The number of likely N-dealkylation sites (tertiary alicyclic amines) is 1. The second-order valence-corrected chi connectivity index (χ2v) is 6.38. The van der Waals surface area contributed by atoms with Crippen LogP contribution in [0.25, 0.3) is 11.0 Å². The largest absolute Gasteiger partial charge is 0.487 e. The number of hydrogen-bond acceptors (Lipinski definition) is 3. The van der Waals surface area contributed by atoms with E-state index in [1.54, 1.807) is 0 Å². The highest BCUT2D eigenvalue weighted by Gasteiger charge is 2.32. The number of nitrogens with zero attached hydrogens (tertiary/aromatic N) is 1. The molecule has 4 nitrogen and oxygen atoms in total. The number of benzene rings is 2. The van der Waals surface area contributed by atoms with Gasteiger partial charge in [-0.2, -0.15) is 0 Å². The van der Waals surface area contributed by atoms with E-state index >= 15 is 0 Å². The van der Waals surface area contributed by atoms with Gasteiger partial charge in [0.15, 0.2) is 0 Å². The van der Waals surface area contributed by atoms with Crippen LogP contribution in [0.15, 0.2) is 52.9 Å². The van der Waals surface area contributed by atoms with Crippen LogP contribution in [0, 0.1) is 13.8 Å². The first-order chi connectivity index (χ1) is 11.6. The summed E-state index contributed by atoms with van der Waals surface area (Å²) in [6, 6.07) is 15.5. The molecule has 0 spiro atoms. The molecule has 0 saturated carbocycles. The van der Waals surface area contributed by atoms with Crippen molar-refractivity contribution in [1.82, 2.24) is 4.90 Å². The molecule has 2 heterocycles. The maximum absolute atomic E-state index is 12.6. The molecule has 0 N–H and O–H groups in total. The van der Waals surface area contributed by atoms with Gasteiger partial charge in [-0.1, -0.05) is 12.1 Å². The minimum atomic E-state index is 0.0415. The van der Waals surface area contributed by atoms with E-state index in [1.165, 1.54) is 5.56 Å². The number of ether oxygens (including phenoxy) is 1. The van der Waals surface area contributed by atoms with E-state index in [9.17, 15) is 4.79 Å². The summed E-state index contributed by atoms with van der Waals surface area (Å²) in [4.78, 5) is 14.4. The zero-order valence-corrected chi connectivity index (χ0v) is 13.8. The van der Waals surface area contributed by atoms with E-state index in [-0.39, 0.29) is 12.0 Å². The Morgan fingerprint density at radius 1 is 1.12 bits per heavy atom. The van der Waals surface area contributed by atoms with Gasteiger partial charge in [-0.25, -0.2) is 0 Å². The molecule has 4 heteroatoms. The lowest BCUT2D eigenvalue weighted by molar-refractivity contribution is 0.0178. The zero-order chi connectivity index (χ0) is 16.7. The van der Waals surface area contributed by atoms with Gasteiger partial charge in [0, 0.05) is 10.9 Å². The molecule has 1 aliphatic rings. The Hall–Kier alpha value is -2.75. The molecule has 1 aliphatic heterocycles. The van der Waals surface area contributed by atoms with Gasteiger partial charge >= 0.3 is 0 Å². The van der Waals surface area contributed by atoms with Crippen molar-refractivity contribution in [3.8, 4) is 5.75 Å². The lowest BCUT2D eigenvalue weighted by Crippen LogP contribution is -2.56. The Morgan fingerprint density at radius 2 is 1.96 bits per heavy atom. The lowest BCUT2D eigenvalue weighted by atomic mass is 10.1. The van der Waals surface area contributed by atoms with Gasteiger partial charge < -0.3 is 14.1 Å². The first-order valence-electron chi connectivity index (χ1n) is 8.11. The number of fused-ring (bicyclic) bond motifs is 1. The molecule has 2 aromatic carbocycles. The van der Waals surface area contributed by atoms with E-state index in [2.05, 4.69) is 0 Å². The Balaban J connectivity index is 1.41. The summed E-state index contributed by atoms with van der Waals surface area (Å²) in [5.74, 6) is 1.76. The van der Waals surface area contributed by atoms with Crippen LogP contribution in [0.3, 0.4) is 0 Å². The maximum atomic E-state index is 12.6. The van der Waals surface area contributed by atoms with Gasteiger partial charge in [0.1, 0.15) is 23.2 Å². The molecule has 1 fully saturated rings. The molecule has 0 unspecified atom stereocenters. The number of aryl methyl sites for hydroxylation is 2. The van der Waals surface area contributed by atoms with Gasteiger partial charge in [-0.15, -0.1) is 0 Å². The minimum absolute atomic E-state index is 0.0415. The summed E-state index contributed by atoms with van der Waals surface area (Å²) < 4.78 is 11.5. The summed E-state index contributed by atoms with van der Waals surface area (Å²) >= 11 is 0. The molecular weight excluding hydrogens is 302 g/mol. The molecule has 1 amide bonds. The molecule has 0 atom stereocenters. The SMILES string of the molecule is Cc1cccc(OC2CN(C(=O)c3ccc4oc(C)cc4c3)C2)c1. The molecule has 0 aliphatic carbocycles. The van der Waals surface area contributed by atoms with Crippen LogP contribution in [0.5, 0.6) is 5.75 Å². The monoisotopic (exact) mass is 321 g/mol. The highest BCUT2D eigenvalue weighted by molar-refractivity contribution is 5.98. The standard InChI is InChI=1S/C20H19NO3/c1-13-4-3-5-17(8-13)24-18-11-21(12-18)20(22)15-6-7-19-16(10-15)9-14(2)23-19/h3-10,18H,11-12H2,1-2H3. The van der Waals surface area contributed by atoms with Crippen molar-refractivity contribution in [2.45, 2.75) is 20.0 Å². The quantitative estimate of drug-likeness (QED) is 0.733. The van der Waals surface area contributed by atoms with Crippen molar-refractivity contribution < 1.29 is 13.9 Å². The van der Waals surface area contributed by atoms with Crippen molar-refractivity contribution in [1.29, 1.82) is 0 Å². The summed E-state index contributed by atoms with van der Waals surface area (Å²) in [7, 11) is 0. The second kappa shape index (κ2) is 5.71. The third-order valence-electron chi connectivity index (χ3n) is 4.31. The van der Waals surface area contributed by atoms with E-state index in [0.717, 1.165) is 22.5 Å². The molecule has 122 valence electrons. The van der Waals surface area contributed by atoms with Gasteiger partial charge in [-0.3, -0.25) is 4.79 Å². The fourth-order valence-electron chi connectivity index (χ4n) is 3.05. The van der Waals surface area contributed by atoms with Crippen molar-refractivity contribution in [3.05, 3.63) is 65.4 Å². The van der Waals surface area contributed by atoms with E-state index in [0.29, 0.717) is 18.7 Å². The van der Waals surface area contributed by atoms with Crippen LogP contribution in [0.4, 0.5) is 0 Å². The molecule has 24 heavy (non-hydrogen) atoms. The number of carbonyl (C=O) groups is 1. The fraction of sp³-hybridized carbons (Fsp3) is 0.250. The minimum Gasteiger partial charge on any atom is -0.487 e. The molecule has 1 saturated heterocycles. The van der Waals surface area contributed by atoms with Gasteiger partial charge in [-0.05, 0) is 55.8 Å². The highest BCUT2D eigenvalue weighted by atomic mass is 16.5. The Kier molecular flexibility index (Phi) is 3.53. The predicted molar refractivity (Wildman–Crippen MR) is 92.4 cm³/mol. The van der Waals surface area contributed by atoms with Crippen molar-refractivity contribution in [3.63, 3.8) is 0 Å². The summed E-state index contributed by atoms with van der Waals surface area (Å²) in [6.45, 7) is 5.19. The van der Waals surface area contributed by atoms with Crippen LogP contribution in [-0.4, -0.2) is 30.0 Å². The summed E-state index contributed by atoms with van der Waals surface area (Å²) in [5.41, 5.74) is 2.68. The molecule has 1 aromatic heterocycles. The van der Waals surface area contributed by atoms with Crippen molar-refractivity contribution >= 4 is 16.9 Å². The Bertz CT molecular complexity index is 906. The number of rotatable bonds is 3. The number of hydrogen-bond donors (Lipinski definition) is 0. The highest BCUT2D eigenvalue weighted by Crippen LogP contribution is 2.24. The van der Waals surface area contributed by atoms with E-state index in [4.69, 9.17) is 9.15 Å². The van der Waals surface area contributed by atoms with E-state index in [1.807, 2.05) is 67.3 Å². The van der Waals surface area contributed by atoms with Crippen LogP contribution in [-0.2, 0) is 0 Å². The Morgan fingerprint density at radius 3 is 2.75 bits per heavy atom. The van der Waals surface area contributed by atoms with Gasteiger partial charge in [0.05, 0.1) is 13.1 Å². The van der Waals surface area contributed by atoms with E-state index < -0.39 is 0 Å². The van der Waals surface area contributed by atoms with Crippen molar-refractivity contribution in [2.24, 2.45) is 0 Å². The molecule has 0 radical (unpaired) electrons. The lowest BCUT2D eigenvalue weighted by Gasteiger charge is -2.39. The summed E-state index contributed by atoms with van der Waals surface area (Å²) in [5, 5.41) is 0.964. The number of amides is 1. The third-order valence-corrected chi connectivity index (χ3v) is 4.31. The van der Waals surface area contributed by atoms with Crippen LogP contribution in [0.1, 0.15) is 21.7 Å². The Labute approximate surface area is 140 Å². The fourth-order valence-corrected chi connectivity index (χ4v) is 3.05. The number of carbonyl (C=O) groups excluding carboxylic acids is 1. The first-order valence-corrected chi connectivity index (χ1v) is 8.11. The smallest absolute Gasteiger partial charge is 0.254 e. The first kappa shape index (κ1) is 14.8. The van der Waals surface area contributed by atoms with Crippen LogP contribution in [0.2, 0.25) is 0 Å². The maximum Gasteiger partial charge on any atom is 0.254 e. The molecule has 3 aromatic rings. The normalized spacial score (nSPS) is 14.7. The van der Waals surface area contributed by atoms with Gasteiger partial charge in [0.2, 0.25) is 0 Å². The molecule has 0 bridgehead atoms. The summed E-state index contributed by atoms with van der Waals surface area (Å²) in [6.07, 6.45) is 0.0654. The predicted octanol–water partition coefficient (Wildman–Crippen LogP) is 3.95. The average Bonchev–Trinajstić information content (AvgIpc) is 2.89. The van der Waals surface area contributed by atoms with Crippen LogP contribution >= 0.6 is 0 Å². The molecule has 4 rings (SSSR count). The molecular formula is C20H19NO3. The average molecular weight is 321 g/mol. The third kappa shape index (κ3) is 2.75. The van der Waals surface area contributed by atoms with Gasteiger partial charge in [0.25, 0.3) is 5.91 Å². The topological polar surface area (TPSA) is 42.7 Å². The van der Waals surface area contributed by atoms with Crippen LogP contribution < -0.4 is 4.74 Å². The zero-order valence-electron chi connectivity index (χ0n) is 13.8. The second-order valence-electron chi connectivity index (χ2n) is 6.38.